The molecule has 4 heteroatoms. The van der Waals surface area contributed by atoms with Crippen molar-refractivity contribution in [1.29, 1.82) is 0 Å². The summed E-state index contributed by atoms with van der Waals surface area (Å²) in [5.74, 6) is -0.00801. The van der Waals surface area contributed by atoms with Crippen LogP contribution in [0.5, 0.6) is 0 Å². The first-order valence-corrected chi connectivity index (χ1v) is 5.86. The Bertz CT molecular complexity index is 560. The molecule has 2 aromatic rings. The third kappa shape index (κ3) is 2.59. The number of aryl methyl sites for hydroxylation is 2. The summed E-state index contributed by atoms with van der Waals surface area (Å²) in [5.41, 5.74) is 2.98. The fraction of sp³-hybridized carbons (Fsp3) is 0.286. The molecule has 1 aromatic heterocycles. The molecule has 1 heterocycles. The predicted octanol–water partition coefficient (Wildman–Crippen LogP) is 2.00. The van der Waals surface area contributed by atoms with E-state index in [0.29, 0.717) is 12.1 Å². The van der Waals surface area contributed by atoms with Crippen molar-refractivity contribution in [2.45, 2.75) is 13.5 Å². The van der Waals surface area contributed by atoms with E-state index in [1.54, 1.807) is 29.0 Å². The highest BCUT2D eigenvalue weighted by Gasteiger charge is 2.14. The molecule has 94 valence electrons. The Hall–Kier alpha value is -2.10. The molecular weight excluding hydrogens is 226 g/mol. The van der Waals surface area contributed by atoms with Gasteiger partial charge in [0.15, 0.2) is 0 Å². The van der Waals surface area contributed by atoms with E-state index in [1.807, 2.05) is 25.2 Å². The standard InChI is InChI=1S/C14H17N3O/c1-11-6-4-5-7-12(11)9-16(2)14(18)13-8-15-17(3)10-13/h4-8,10H,9H2,1-3H3. The Morgan fingerprint density at radius 1 is 1.39 bits per heavy atom. The molecule has 0 atom stereocenters. The van der Waals surface area contributed by atoms with E-state index in [4.69, 9.17) is 0 Å². The molecule has 0 bridgehead atoms. The number of amides is 1. The molecule has 18 heavy (non-hydrogen) atoms. The molecular formula is C14H17N3O. The van der Waals surface area contributed by atoms with Crippen molar-refractivity contribution < 1.29 is 4.79 Å². The number of hydrogen-bond acceptors (Lipinski definition) is 2. The summed E-state index contributed by atoms with van der Waals surface area (Å²) in [4.78, 5) is 13.9. The summed E-state index contributed by atoms with van der Waals surface area (Å²) < 4.78 is 1.63. The summed E-state index contributed by atoms with van der Waals surface area (Å²) in [5, 5.41) is 4.01. The molecule has 0 unspecified atom stereocenters. The second kappa shape index (κ2) is 5.04. The summed E-state index contributed by atoms with van der Waals surface area (Å²) in [6.45, 7) is 2.66. The molecule has 0 aliphatic heterocycles. The largest absolute Gasteiger partial charge is 0.337 e. The van der Waals surface area contributed by atoms with E-state index in [0.717, 1.165) is 5.56 Å². The highest BCUT2D eigenvalue weighted by molar-refractivity contribution is 5.93. The van der Waals surface area contributed by atoms with Gasteiger partial charge in [0.05, 0.1) is 11.8 Å². The zero-order valence-electron chi connectivity index (χ0n) is 10.9. The molecule has 1 aromatic carbocycles. The van der Waals surface area contributed by atoms with E-state index in [9.17, 15) is 4.79 Å². The van der Waals surface area contributed by atoms with Crippen molar-refractivity contribution in [1.82, 2.24) is 14.7 Å². The molecule has 0 N–H and O–H groups in total. The lowest BCUT2D eigenvalue weighted by molar-refractivity contribution is 0.0785. The average molecular weight is 243 g/mol. The zero-order valence-corrected chi connectivity index (χ0v) is 10.9. The van der Waals surface area contributed by atoms with Crippen LogP contribution in [0.3, 0.4) is 0 Å². The first-order chi connectivity index (χ1) is 8.58. The maximum absolute atomic E-state index is 12.1. The lowest BCUT2D eigenvalue weighted by Gasteiger charge is -2.17. The van der Waals surface area contributed by atoms with Crippen LogP contribution in [0.1, 0.15) is 21.5 Å². The van der Waals surface area contributed by atoms with Crippen molar-refractivity contribution >= 4 is 5.91 Å². The van der Waals surface area contributed by atoms with Gasteiger partial charge < -0.3 is 4.90 Å². The minimum absolute atomic E-state index is 0.00801. The Labute approximate surface area is 107 Å². The summed E-state index contributed by atoms with van der Waals surface area (Å²) in [6, 6.07) is 8.09. The molecule has 0 saturated heterocycles. The van der Waals surface area contributed by atoms with Gasteiger partial charge in [0.25, 0.3) is 5.91 Å². The molecule has 4 nitrogen and oxygen atoms in total. The maximum atomic E-state index is 12.1. The van der Waals surface area contributed by atoms with Crippen LogP contribution in [0.2, 0.25) is 0 Å². The van der Waals surface area contributed by atoms with E-state index < -0.39 is 0 Å². The molecule has 0 radical (unpaired) electrons. The summed E-state index contributed by atoms with van der Waals surface area (Å²) in [7, 11) is 3.61. The van der Waals surface area contributed by atoms with E-state index in [2.05, 4.69) is 18.1 Å². The number of carbonyl (C=O) groups is 1. The lowest BCUT2D eigenvalue weighted by atomic mass is 10.1. The van der Waals surface area contributed by atoms with Crippen molar-refractivity contribution in [3.63, 3.8) is 0 Å². The second-order valence-corrected chi connectivity index (χ2v) is 4.49. The van der Waals surface area contributed by atoms with Crippen molar-refractivity contribution in [2.24, 2.45) is 7.05 Å². The van der Waals surface area contributed by atoms with Gasteiger partial charge in [-0.25, -0.2) is 0 Å². The highest BCUT2D eigenvalue weighted by atomic mass is 16.2. The number of nitrogens with zero attached hydrogens (tertiary/aromatic N) is 3. The van der Waals surface area contributed by atoms with E-state index >= 15 is 0 Å². The van der Waals surface area contributed by atoms with Crippen LogP contribution in [-0.4, -0.2) is 27.6 Å². The van der Waals surface area contributed by atoms with Crippen LogP contribution in [0, 0.1) is 6.92 Å². The van der Waals surface area contributed by atoms with Gasteiger partial charge >= 0.3 is 0 Å². The predicted molar refractivity (Wildman–Crippen MR) is 70.2 cm³/mol. The van der Waals surface area contributed by atoms with E-state index in [1.165, 1.54) is 5.56 Å². The number of aromatic nitrogens is 2. The zero-order chi connectivity index (χ0) is 13.1. The van der Waals surface area contributed by atoms with Gasteiger partial charge in [0.2, 0.25) is 0 Å². The smallest absolute Gasteiger partial charge is 0.257 e. The van der Waals surface area contributed by atoms with Crippen molar-refractivity contribution in [3.8, 4) is 0 Å². The molecule has 0 aliphatic carbocycles. The van der Waals surface area contributed by atoms with Crippen LogP contribution >= 0.6 is 0 Å². The quantitative estimate of drug-likeness (QED) is 0.827. The van der Waals surface area contributed by atoms with Crippen molar-refractivity contribution in [2.75, 3.05) is 7.05 Å². The minimum atomic E-state index is -0.00801. The van der Waals surface area contributed by atoms with E-state index in [-0.39, 0.29) is 5.91 Å². The second-order valence-electron chi connectivity index (χ2n) is 4.49. The Morgan fingerprint density at radius 2 is 2.11 bits per heavy atom. The monoisotopic (exact) mass is 243 g/mol. The number of hydrogen-bond donors (Lipinski definition) is 0. The van der Waals surface area contributed by atoms with Crippen molar-refractivity contribution in [3.05, 3.63) is 53.3 Å². The number of carbonyl (C=O) groups excluding carboxylic acids is 1. The number of rotatable bonds is 3. The molecule has 0 spiro atoms. The van der Waals surface area contributed by atoms with Gasteiger partial charge in [0.1, 0.15) is 0 Å². The first-order valence-electron chi connectivity index (χ1n) is 5.86. The topological polar surface area (TPSA) is 38.1 Å². The third-order valence-electron chi connectivity index (χ3n) is 2.97. The van der Waals surface area contributed by atoms with Gasteiger partial charge in [-0.05, 0) is 18.1 Å². The first kappa shape index (κ1) is 12.4. The molecule has 1 amide bonds. The van der Waals surface area contributed by atoms with Gasteiger partial charge in [-0.3, -0.25) is 9.48 Å². The van der Waals surface area contributed by atoms with Gasteiger partial charge in [-0.1, -0.05) is 24.3 Å². The maximum Gasteiger partial charge on any atom is 0.257 e. The normalized spacial score (nSPS) is 10.4. The third-order valence-corrected chi connectivity index (χ3v) is 2.97. The average Bonchev–Trinajstić information content (AvgIpc) is 2.78. The minimum Gasteiger partial charge on any atom is -0.337 e. The van der Waals surface area contributed by atoms with Gasteiger partial charge in [0, 0.05) is 26.8 Å². The SMILES string of the molecule is Cc1ccccc1CN(C)C(=O)c1cnn(C)c1. The van der Waals surface area contributed by atoms with Crippen LogP contribution < -0.4 is 0 Å². The van der Waals surface area contributed by atoms with Crippen LogP contribution in [0.25, 0.3) is 0 Å². The van der Waals surface area contributed by atoms with Crippen LogP contribution in [0.4, 0.5) is 0 Å². The fourth-order valence-corrected chi connectivity index (χ4v) is 1.87. The fourth-order valence-electron chi connectivity index (χ4n) is 1.87. The van der Waals surface area contributed by atoms with Crippen LogP contribution in [-0.2, 0) is 13.6 Å². The van der Waals surface area contributed by atoms with Gasteiger partial charge in [-0.2, -0.15) is 5.10 Å². The Balaban J connectivity index is 2.11. The molecule has 0 saturated carbocycles. The Kier molecular flexibility index (Phi) is 3.46. The summed E-state index contributed by atoms with van der Waals surface area (Å²) in [6.07, 6.45) is 3.33. The molecule has 2 rings (SSSR count). The molecule has 0 fully saturated rings. The van der Waals surface area contributed by atoms with Crippen LogP contribution in [0.15, 0.2) is 36.7 Å². The highest BCUT2D eigenvalue weighted by Crippen LogP contribution is 2.11. The lowest BCUT2D eigenvalue weighted by Crippen LogP contribution is -2.26. The Morgan fingerprint density at radius 3 is 2.72 bits per heavy atom. The van der Waals surface area contributed by atoms with Gasteiger partial charge in [-0.15, -0.1) is 0 Å². The number of benzene rings is 1. The summed E-state index contributed by atoms with van der Waals surface area (Å²) >= 11 is 0. The molecule has 0 aliphatic rings.